The molecule has 3 aromatic rings. The highest BCUT2D eigenvalue weighted by Gasteiger charge is 2.29. The molecule has 4 rings (SSSR count). The van der Waals surface area contributed by atoms with Crippen molar-refractivity contribution in [1.29, 1.82) is 0 Å². The number of nitrogens with zero attached hydrogens (tertiary/aromatic N) is 2. The minimum Gasteiger partial charge on any atom is -0.346 e. The summed E-state index contributed by atoms with van der Waals surface area (Å²) in [4.78, 5) is 17.0. The van der Waals surface area contributed by atoms with Gasteiger partial charge in [-0.15, -0.1) is 11.3 Å². The van der Waals surface area contributed by atoms with Gasteiger partial charge in [0, 0.05) is 18.7 Å². The summed E-state index contributed by atoms with van der Waals surface area (Å²) in [6.45, 7) is 1.23. The number of hydrogen-bond donors (Lipinski definition) is 1. The van der Waals surface area contributed by atoms with Gasteiger partial charge in [0.2, 0.25) is 10.0 Å². The van der Waals surface area contributed by atoms with Crippen molar-refractivity contribution >= 4 is 49.1 Å². The molecule has 1 N–H and O–H groups in total. The van der Waals surface area contributed by atoms with Gasteiger partial charge in [-0.3, -0.25) is 4.79 Å². The fraction of sp³-hybridized carbons (Fsp3) is 0.263. The van der Waals surface area contributed by atoms with E-state index in [0.29, 0.717) is 13.1 Å². The first-order chi connectivity index (χ1) is 13.4. The molecule has 1 saturated heterocycles. The van der Waals surface area contributed by atoms with Crippen LogP contribution >= 0.6 is 22.9 Å². The standard InChI is InChI=1S/C19H18ClN3O3S2/c20-14-8-7-13(11-17(14)28(25,26)23-9-3-4-10-23)19(24)21-12-18-22-15-5-1-2-6-16(15)27-18/h1-2,5-8,11H,3-4,9-10,12H2,(H,21,24). The molecule has 1 aliphatic heterocycles. The fourth-order valence-electron chi connectivity index (χ4n) is 3.16. The molecule has 146 valence electrons. The number of benzene rings is 2. The zero-order valence-corrected chi connectivity index (χ0v) is 17.3. The normalized spacial score (nSPS) is 15.2. The van der Waals surface area contributed by atoms with Crippen molar-refractivity contribution in [3.8, 4) is 0 Å². The van der Waals surface area contributed by atoms with E-state index in [0.717, 1.165) is 28.1 Å². The van der Waals surface area contributed by atoms with Crippen molar-refractivity contribution in [2.24, 2.45) is 0 Å². The number of nitrogens with one attached hydrogen (secondary N) is 1. The minimum absolute atomic E-state index is 0.0243. The van der Waals surface area contributed by atoms with E-state index in [-0.39, 0.29) is 27.9 Å². The molecule has 0 spiro atoms. The first-order valence-corrected chi connectivity index (χ1v) is 11.5. The molecule has 0 bridgehead atoms. The highest BCUT2D eigenvalue weighted by Crippen LogP contribution is 2.28. The minimum atomic E-state index is -3.70. The van der Waals surface area contributed by atoms with Crippen LogP contribution in [0.2, 0.25) is 5.02 Å². The van der Waals surface area contributed by atoms with Crippen LogP contribution in [0.5, 0.6) is 0 Å². The quantitative estimate of drug-likeness (QED) is 0.663. The maximum Gasteiger partial charge on any atom is 0.251 e. The lowest BCUT2D eigenvalue weighted by molar-refractivity contribution is 0.0950. The number of carbonyl (C=O) groups excluding carboxylic acids is 1. The van der Waals surface area contributed by atoms with E-state index in [1.54, 1.807) is 0 Å². The molecule has 0 unspecified atom stereocenters. The molecule has 28 heavy (non-hydrogen) atoms. The predicted octanol–water partition coefficient (Wildman–Crippen LogP) is 3.66. The Kier molecular flexibility index (Phi) is 5.37. The molecule has 1 aromatic heterocycles. The monoisotopic (exact) mass is 435 g/mol. The third-order valence-electron chi connectivity index (χ3n) is 4.61. The van der Waals surface area contributed by atoms with Gasteiger partial charge < -0.3 is 5.32 Å². The van der Waals surface area contributed by atoms with Gasteiger partial charge >= 0.3 is 0 Å². The summed E-state index contributed by atoms with van der Waals surface area (Å²) < 4.78 is 28.1. The van der Waals surface area contributed by atoms with Crippen LogP contribution in [0.15, 0.2) is 47.4 Å². The molecular formula is C19H18ClN3O3S2. The summed E-state index contributed by atoms with van der Waals surface area (Å²) in [5, 5.41) is 3.71. The van der Waals surface area contributed by atoms with Crippen molar-refractivity contribution < 1.29 is 13.2 Å². The largest absolute Gasteiger partial charge is 0.346 e. The van der Waals surface area contributed by atoms with E-state index in [1.807, 2.05) is 24.3 Å². The molecule has 1 aliphatic rings. The Balaban J connectivity index is 1.53. The highest BCUT2D eigenvalue weighted by atomic mass is 35.5. The number of hydrogen-bond acceptors (Lipinski definition) is 5. The fourth-order valence-corrected chi connectivity index (χ4v) is 6.09. The molecule has 6 nitrogen and oxygen atoms in total. The number of carbonyl (C=O) groups is 1. The van der Waals surface area contributed by atoms with E-state index < -0.39 is 10.0 Å². The number of fused-ring (bicyclic) bond motifs is 1. The van der Waals surface area contributed by atoms with Gasteiger partial charge in [0.05, 0.1) is 21.8 Å². The maximum absolute atomic E-state index is 12.8. The smallest absolute Gasteiger partial charge is 0.251 e. The molecule has 1 amide bonds. The van der Waals surface area contributed by atoms with Crippen LogP contribution in [0.3, 0.4) is 0 Å². The van der Waals surface area contributed by atoms with Crippen LogP contribution in [0.25, 0.3) is 10.2 Å². The van der Waals surface area contributed by atoms with Gasteiger partial charge in [0.25, 0.3) is 5.91 Å². The second-order valence-corrected chi connectivity index (χ2v) is 9.94. The van der Waals surface area contributed by atoms with Crippen LogP contribution in [-0.2, 0) is 16.6 Å². The van der Waals surface area contributed by atoms with Gasteiger partial charge in [-0.25, -0.2) is 13.4 Å². The SMILES string of the molecule is O=C(NCc1nc2ccccc2s1)c1ccc(Cl)c(S(=O)(=O)N2CCCC2)c1. The van der Waals surface area contributed by atoms with Crippen LogP contribution in [0.1, 0.15) is 28.2 Å². The third kappa shape index (κ3) is 3.77. The number of para-hydroxylation sites is 1. The Morgan fingerprint density at radius 1 is 1.18 bits per heavy atom. The van der Waals surface area contributed by atoms with Gasteiger partial charge in [-0.2, -0.15) is 4.31 Å². The Morgan fingerprint density at radius 3 is 2.68 bits per heavy atom. The average Bonchev–Trinajstić information content (AvgIpc) is 3.36. The molecule has 0 atom stereocenters. The summed E-state index contributed by atoms with van der Waals surface area (Å²) >= 11 is 7.65. The number of rotatable bonds is 5. The Labute approximate surface area is 172 Å². The van der Waals surface area contributed by atoms with E-state index in [1.165, 1.54) is 33.8 Å². The third-order valence-corrected chi connectivity index (χ3v) is 8.03. The summed E-state index contributed by atoms with van der Waals surface area (Å²) in [7, 11) is -3.70. The van der Waals surface area contributed by atoms with Crippen molar-refractivity contribution in [3.05, 3.63) is 58.1 Å². The zero-order chi connectivity index (χ0) is 19.7. The molecule has 0 saturated carbocycles. The highest BCUT2D eigenvalue weighted by molar-refractivity contribution is 7.89. The second kappa shape index (κ2) is 7.79. The van der Waals surface area contributed by atoms with Crippen LogP contribution in [-0.4, -0.2) is 36.7 Å². The second-order valence-electron chi connectivity index (χ2n) is 6.51. The maximum atomic E-state index is 12.8. The lowest BCUT2D eigenvalue weighted by Crippen LogP contribution is -2.29. The van der Waals surface area contributed by atoms with Crippen LogP contribution in [0.4, 0.5) is 0 Å². The van der Waals surface area contributed by atoms with Gasteiger partial charge in [0.15, 0.2) is 0 Å². The van der Waals surface area contributed by atoms with Crippen LogP contribution in [0, 0.1) is 0 Å². The molecule has 9 heteroatoms. The van der Waals surface area contributed by atoms with Crippen molar-refractivity contribution in [3.63, 3.8) is 0 Å². The molecule has 0 radical (unpaired) electrons. The Morgan fingerprint density at radius 2 is 1.93 bits per heavy atom. The number of sulfonamides is 1. The first kappa shape index (κ1) is 19.3. The molecule has 0 aliphatic carbocycles. The van der Waals surface area contributed by atoms with Gasteiger partial charge in [0.1, 0.15) is 9.90 Å². The average molecular weight is 436 g/mol. The predicted molar refractivity (Wildman–Crippen MR) is 110 cm³/mol. The lowest BCUT2D eigenvalue weighted by atomic mass is 10.2. The van der Waals surface area contributed by atoms with Crippen LogP contribution < -0.4 is 5.32 Å². The van der Waals surface area contributed by atoms with Gasteiger partial charge in [-0.05, 0) is 43.2 Å². The number of thiazole rings is 1. The summed E-state index contributed by atoms with van der Waals surface area (Å²) in [5.41, 5.74) is 1.14. The van der Waals surface area contributed by atoms with Crippen molar-refractivity contribution in [2.45, 2.75) is 24.3 Å². The Hall–Kier alpha value is -2.00. The number of amides is 1. The van der Waals surface area contributed by atoms with Crippen molar-refractivity contribution in [1.82, 2.24) is 14.6 Å². The lowest BCUT2D eigenvalue weighted by Gasteiger charge is -2.17. The molecule has 2 aromatic carbocycles. The van der Waals surface area contributed by atoms with Gasteiger partial charge in [-0.1, -0.05) is 23.7 Å². The van der Waals surface area contributed by atoms with E-state index in [4.69, 9.17) is 11.6 Å². The summed E-state index contributed by atoms with van der Waals surface area (Å²) in [5.74, 6) is -0.367. The summed E-state index contributed by atoms with van der Waals surface area (Å²) in [6, 6.07) is 12.1. The van der Waals surface area contributed by atoms with E-state index >= 15 is 0 Å². The summed E-state index contributed by atoms with van der Waals surface area (Å²) in [6.07, 6.45) is 1.67. The van der Waals surface area contributed by atoms with E-state index in [9.17, 15) is 13.2 Å². The van der Waals surface area contributed by atoms with E-state index in [2.05, 4.69) is 10.3 Å². The topological polar surface area (TPSA) is 79.4 Å². The number of aromatic nitrogens is 1. The molecular weight excluding hydrogens is 418 g/mol. The number of halogens is 1. The first-order valence-electron chi connectivity index (χ1n) is 8.87. The molecule has 1 fully saturated rings. The van der Waals surface area contributed by atoms with Crippen molar-refractivity contribution in [2.75, 3.05) is 13.1 Å². The Bertz CT molecular complexity index is 1110. The zero-order valence-electron chi connectivity index (χ0n) is 14.9. The molecule has 2 heterocycles.